The fraction of sp³-hybridized carbons (Fsp3) is 0.909. The molecule has 0 heterocycles. The summed E-state index contributed by atoms with van der Waals surface area (Å²) in [6.07, 6.45) is 7.59. The highest BCUT2D eigenvalue weighted by Crippen LogP contribution is 2.03. The van der Waals surface area contributed by atoms with Crippen LogP contribution in [0.2, 0.25) is 0 Å². The van der Waals surface area contributed by atoms with Crippen LogP contribution >= 0.6 is 0 Å². The first-order valence-corrected chi connectivity index (χ1v) is 5.63. The fourth-order valence-corrected chi connectivity index (χ4v) is 1.26. The van der Waals surface area contributed by atoms with E-state index in [9.17, 15) is 4.79 Å². The molecule has 0 aliphatic heterocycles. The number of carbonyl (C=O) groups is 1. The van der Waals surface area contributed by atoms with Gasteiger partial charge in [0.25, 0.3) is 0 Å². The highest BCUT2D eigenvalue weighted by molar-refractivity contribution is 5.73. The van der Waals surface area contributed by atoms with E-state index in [0.29, 0.717) is 0 Å². The van der Waals surface area contributed by atoms with Crippen molar-refractivity contribution in [2.45, 2.75) is 45.4 Å². The van der Waals surface area contributed by atoms with Gasteiger partial charge in [0, 0.05) is 20.6 Å². The van der Waals surface area contributed by atoms with Crippen LogP contribution in [0.4, 0.5) is 4.79 Å². The highest BCUT2D eigenvalue weighted by atomic mass is 16.2. The summed E-state index contributed by atoms with van der Waals surface area (Å²) in [7, 11) is 3.52. The van der Waals surface area contributed by atoms with E-state index >= 15 is 0 Å². The summed E-state index contributed by atoms with van der Waals surface area (Å²) in [5.74, 6) is 0. The maximum absolute atomic E-state index is 11.1. The lowest BCUT2D eigenvalue weighted by molar-refractivity contribution is 0.217. The van der Waals surface area contributed by atoms with Gasteiger partial charge in [-0.1, -0.05) is 39.0 Å². The average Bonchev–Trinajstić information content (AvgIpc) is 2.16. The molecule has 0 atom stereocenters. The van der Waals surface area contributed by atoms with Crippen molar-refractivity contribution in [3.8, 4) is 0 Å². The lowest BCUT2D eigenvalue weighted by atomic mass is 10.1. The van der Waals surface area contributed by atoms with E-state index in [1.165, 1.54) is 32.1 Å². The second-order valence-electron chi connectivity index (χ2n) is 3.89. The molecule has 0 unspecified atom stereocenters. The first kappa shape index (κ1) is 13.3. The molecule has 0 saturated carbocycles. The van der Waals surface area contributed by atoms with Gasteiger partial charge in [-0.05, 0) is 6.42 Å². The number of unbranched alkanes of at least 4 members (excludes halogenated alkanes) is 5. The standard InChI is InChI=1S/C11H24N2O/c1-4-5-6-7-8-9-10-12-11(14)13(2)3/h4-10H2,1-3H3,(H,12,14). The molecule has 0 aliphatic carbocycles. The summed E-state index contributed by atoms with van der Waals surface area (Å²) in [4.78, 5) is 12.7. The Labute approximate surface area is 87.9 Å². The molecular weight excluding hydrogens is 176 g/mol. The van der Waals surface area contributed by atoms with Gasteiger partial charge in [0.05, 0.1) is 0 Å². The molecular formula is C11H24N2O. The van der Waals surface area contributed by atoms with Crippen molar-refractivity contribution < 1.29 is 4.79 Å². The minimum atomic E-state index is 0.0126. The maximum Gasteiger partial charge on any atom is 0.316 e. The van der Waals surface area contributed by atoms with Gasteiger partial charge in [0.2, 0.25) is 0 Å². The Balaban J connectivity index is 3.10. The van der Waals surface area contributed by atoms with Crippen LogP contribution in [-0.2, 0) is 0 Å². The Kier molecular flexibility index (Phi) is 8.39. The van der Waals surface area contributed by atoms with Crippen LogP contribution in [0.1, 0.15) is 45.4 Å². The zero-order valence-electron chi connectivity index (χ0n) is 9.81. The van der Waals surface area contributed by atoms with E-state index in [4.69, 9.17) is 0 Å². The van der Waals surface area contributed by atoms with Crippen LogP contribution in [0.5, 0.6) is 0 Å². The summed E-state index contributed by atoms with van der Waals surface area (Å²) in [6, 6.07) is 0.0126. The molecule has 0 bridgehead atoms. The number of hydrogen-bond donors (Lipinski definition) is 1. The number of rotatable bonds is 7. The Morgan fingerprint density at radius 2 is 1.64 bits per heavy atom. The average molecular weight is 200 g/mol. The number of carbonyl (C=O) groups excluding carboxylic acids is 1. The van der Waals surface area contributed by atoms with E-state index in [1.807, 2.05) is 0 Å². The Hall–Kier alpha value is -0.730. The minimum absolute atomic E-state index is 0.0126. The van der Waals surface area contributed by atoms with Crippen molar-refractivity contribution in [2.24, 2.45) is 0 Å². The zero-order chi connectivity index (χ0) is 10.8. The number of urea groups is 1. The van der Waals surface area contributed by atoms with Gasteiger partial charge in [-0.25, -0.2) is 4.79 Å². The van der Waals surface area contributed by atoms with Crippen LogP contribution in [0.25, 0.3) is 0 Å². The number of nitrogens with zero attached hydrogens (tertiary/aromatic N) is 1. The van der Waals surface area contributed by atoms with Gasteiger partial charge in [-0.2, -0.15) is 0 Å². The van der Waals surface area contributed by atoms with E-state index < -0.39 is 0 Å². The summed E-state index contributed by atoms with van der Waals surface area (Å²) >= 11 is 0. The van der Waals surface area contributed by atoms with Crippen molar-refractivity contribution in [3.63, 3.8) is 0 Å². The van der Waals surface area contributed by atoms with Crippen LogP contribution in [0.3, 0.4) is 0 Å². The third-order valence-corrected chi connectivity index (χ3v) is 2.21. The molecule has 0 aromatic carbocycles. The predicted octanol–water partition coefficient (Wildman–Crippen LogP) is 2.62. The van der Waals surface area contributed by atoms with Crippen LogP contribution in [0, 0.1) is 0 Å². The molecule has 0 aromatic heterocycles. The second kappa shape index (κ2) is 8.85. The first-order valence-electron chi connectivity index (χ1n) is 5.63. The lowest BCUT2D eigenvalue weighted by Gasteiger charge is -2.11. The predicted molar refractivity (Wildman–Crippen MR) is 60.5 cm³/mol. The fourth-order valence-electron chi connectivity index (χ4n) is 1.26. The topological polar surface area (TPSA) is 32.3 Å². The summed E-state index contributed by atoms with van der Waals surface area (Å²) in [5.41, 5.74) is 0. The van der Waals surface area contributed by atoms with Crippen molar-refractivity contribution >= 4 is 6.03 Å². The van der Waals surface area contributed by atoms with Crippen LogP contribution in [0.15, 0.2) is 0 Å². The Bertz CT molecular complexity index is 146. The molecule has 1 N–H and O–H groups in total. The number of hydrogen-bond acceptors (Lipinski definition) is 1. The molecule has 0 spiro atoms. The van der Waals surface area contributed by atoms with Gasteiger partial charge in [0.15, 0.2) is 0 Å². The third kappa shape index (κ3) is 7.90. The van der Waals surface area contributed by atoms with Crippen molar-refractivity contribution in [1.29, 1.82) is 0 Å². The molecule has 84 valence electrons. The molecule has 2 amide bonds. The van der Waals surface area contributed by atoms with E-state index in [1.54, 1.807) is 19.0 Å². The zero-order valence-corrected chi connectivity index (χ0v) is 9.81. The maximum atomic E-state index is 11.1. The minimum Gasteiger partial charge on any atom is -0.338 e. The van der Waals surface area contributed by atoms with Crippen molar-refractivity contribution in [2.75, 3.05) is 20.6 Å². The normalized spacial score (nSPS) is 9.93. The van der Waals surface area contributed by atoms with E-state index in [-0.39, 0.29) is 6.03 Å². The number of nitrogens with one attached hydrogen (secondary N) is 1. The SMILES string of the molecule is CCCCCCCCNC(=O)N(C)C. The van der Waals surface area contributed by atoms with Crippen LogP contribution < -0.4 is 5.32 Å². The van der Waals surface area contributed by atoms with Gasteiger partial charge in [-0.3, -0.25) is 0 Å². The van der Waals surface area contributed by atoms with Crippen molar-refractivity contribution in [1.82, 2.24) is 10.2 Å². The smallest absolute Gasteiger partial charge is 0.316 e. The van der Waals surface area contributed by atoms with Crippen LogP contribution in [-0.4, -0.2) is 31.6 Å². The van der Waals surface area contributed by atoms with Crippen molar-refractivity contribution in [3.05, 3.63) is 0 Å². The third-order valence-electron chi connectivity index (χ3n) is 2.21. The molecule has 0 aromatic rings. The van der Waals surface area contributed by atoms with E-state index in [2.05, 4.69) is 12.2 Å². The quantitative estimate of drug-likeness (QED) is 0.629. The summed E-state index contributed by atoms with van der Waals surface area (Å²) in [6.45, 7) is 3.03. The Morgan fingerprint density at radius 3 is 2.21 bits per heavy atom. The summed E-state index contributed by atoms with van der Waals surface area (Å²) in [5, 5.41) is 2.86. The van der Waals surface area contributed by atoms with Gasteiger partial charge >= 0.3 is 6.03 Å². The molecule has 0 aliphatic rings. The van der Waals surface area contributed by atoms with Gasteiger partial charge in [0.1, 0.15) is 0 Å². The molecule has 0 fully saturated rings. The lowest BCUT2D eigenvalue weighted by Crippen LogP contribution is -2.34. The largest absolute Gasteiger partial charge is 0.338 e. The molecule has 0 saturated heterocycles. The second-order valence-corrected chi connectivity index (χ2v) is 3.89. The monoisotopic (exact) mass is 200 g/mol. The molecule has 3 nitrogen and oxygen atoms in total. The molecule has 0 rings (SSSR count). The Morgan fingerprint density at radius 1 is 1.07 bits per heavy atom. The summed E-state index contributed by atoms with van der Waals surface area (Å²) < 4.78 is 0. The molecule has 3 heteroatoms. The van der Waals surface area contributed by atoms with Gasteiger partial charge in [-0.15, -0.1) is 0 Å². The number of amides is 2. The van der Waals surface area contributed by atoms with E-state index in [0.717, 1.165) is 13.0 Å². The first-order chi connectivity index (χ1) is 6.68. The van der Waals surface area contributed by atoms with Gasteiger partial charge < -0.3 is 10.2 Å². The molecule has 0 radical (unpaired) electrons. The highest BCUT2D eigenvalue weighted by Gasteiger charge is 2.00. The molecule has 14 heavy (non-hydrogen) atoms.